The first-order chi connectivity index (χ1) is 9.98. The topological polar surface area (TPSA) is 21.3 Å². The van der Waals surface area contributed by atoms with Crippen LogP contribution in [0.5, 0.6) is 5.75 Å². The lowest BCUT2D eigenvalue weighted by atomic mass is 9.84. The van der Waals surface area contributed by atoms with Crippen LogP contribution in [0, 0.1) is 5.92 Å². The minimum atomic E-state index is -4.31. The van der Waals surface area contributed by atoms with Crippen molar-refractivity contribution in [1.82, 2.24) is 0 Å². The molecule has 2 unspecified atom stereocenters. The van der Waals surface area contributed by atoms with Gasteiger partial charge in [0.1, 0.15) is 5.75 Å². The maximum absolute atomic E-state index is 12.3. The Kier molecular flexibility index (Phi) is 5.37. The molecule has 1 aliphatic rings. The Bertz CT molecular complexity index is 447. The molecule has 0 amide bonds. The fourth-order valence-corrected chi connectivity index (χ4v) is 2.88. The molecule has 0 spiro atoms. The largest absolute Gasteiger partial charge is 0.482 e. The SMILES string of the molecule is CCC1CCCC(Nc2ccccc2OCC(F)(F)F)C1. The molecule has 5 heteroatoms. The van der Waals surface area contributed by atoms with Crippen LogP contribution in [0.15, 0.2) is 24.3 Å². The average Bonchev–Trinajstić information content (AvgIpc) is 2.46. The summed E-state index contributed by atoms with van der Waals surface area (Å²) in [4.78, 5) is 0. The number of benzene rings is 1. The van der Waals surface area contributed by atoms with Crippen LogP contribution in [0.3, 0.4) is 0 Å². The first-order valence-electron chi connectivity index (χ1n) is 7.53. The second-order valence-electron chi connectivity index (χ2n) is 5.68. The quantitative estimate of drug-likeness (QED) is 0.825. The third kappa shape index (κ3) is 5.14. The van der Waals surface area contributed by atoms with E-state index in [2.05, 4.69) is 12.2 Å². The lowest BCUT2D eigenvalue weighted by Gasteiger charge is -2.30. The fraction of sp³-hybridized carbons (Fsp3) is 0.625. The molecule has 1 aromatic rings. The third-order valence-electron chi connectivity index (χ3n) is 4.00. The van der Waals surface area contributed by atoms with E-state index >= 15 is 0 Å². The molecule has 1 N–H and O–H groups in total. The summed E-state index contributed by atoms with van der Waals surface area (Å²) in [5, 5.41) is 3.36. The van der Waals surface area contributed by atoms with Crippen LogP contribution < -0.4 is 10.1 Å². The number of hydrogen-bond acceptors (Lipinski definition) is 2. The van der Waals surface area contributed by atoms with Crippen LogP contribution in [-0.4, -0.2) is 18.8 Å². The van der Waals surface area contributed by atoms with Crippen LogP contribution >= 0.6 is 0 Å². The molecule has 0 heterocycles. The highest BCUT2D eigenvalue weighted by Crippen LogP contribution is 2.32. The van der Waals surface area contributed by atoms with Crippen LogP contribution in [0.2, 0.25) is 0 Å². The lowest BCUT2D eigenvalue weighted by Crippen LogP contribution is -2.27. The van der Waals surface area contributed by atoms with Gasteiger partial charge in [0, 0.05) is 6.04 Å². The highest BCUT2D eigenvalue weighted by molar-refractivity contribution is 5.56. The predicted octanol–water partition coefficient (Wildman–Crippen LogP) is 5.01. The van der Waals surface area contributed by atoms with Gasteiger partial charge in [0.25, 0.3) is 0 Å². The first kappa shape index (κ1) is 16.0. The molecule has 1 aromatic carbocycles. The predicted molar refractivity (Wildman–Crippen MR) is 77.7 cm³/mol. The highest BCUT2D eigenvalue weighted by atomic mass is 19.4. The van der Waals surface area contributed by atoms with Crippen molar-refractivity contribution in [2.45, 2.75) is 51.2 Å². The number of hydrogen-bond donors (Lipinski definition) is 1. The molecule has 2 nitrogen and oxygen atoms in total. The van der Waals surface area contributed by atoms with Gasteiger partial charge in [0.2, 0.25) is 0 Å². The van der Waals surface area contributed by atoms with E-state index in [1.807, 2.05) is 6.07 Å². The van der Waals surface area contributed by atoms with Gasteiger partial charge in [0.15, 0.2) is 6.61 Å². The van der Waals surface area contributed by atoms with Gasteiger partial charge in [-0.1, -0.05) is 38.3 Å². The van der Waals surface area contributed by atoms with Crippen molar-refractivity contribution < 1.29 is 17.9 Å². The van der Waals surface area contributed by atoms with E-state index in [1.165, 1.54) is 12.8 Å². The normalized spacial score (nSPS) is 22.9. The van der Waals surface area contributed by atoms with Crippen molar-refractivity contribution in [3.8, 4) is 5.75 Å². The number of ether oxygens (including phenoxy) is 1. The third-order valence-corrected chi connectivity index (χ3v) is 4.00. The Morgan fingerprint density at radius 3 is 2.71 bits per heavy atom. The molecule has 1 saturated carbocycles. The smallest absolute Gasteiger partial charge is 0.422 e. The summed E-state index contributed by atoms with van der Waals surface area (Å²) in [5.74, 6) is 0.980. The lowest BCUT2D eigenvalue weighted by molar-refractivity contribution is -0.153. The minimum absolute atomic E-state index is 0.272. The highest BCUT2D eigenvalue weighted by Gasteiger charge is 2.29. The maximum Gasteiger partial charge on any atom is 0.422 e. The van der Waals surface area contributed by atoms with E-state index in [0.29, 0.717) is 17.6 Å². The van der Waals surface area contributed by atoms with E-state index in [-0.39, 0.29) is 5.75 Å². The van der Waals surface area contributed by atoms with Gasteiger partial charge in [-0.2, -0.15) is 13.2 Å². The van der Waals surface area contributed by atoms with Gasteiger partial charge in [-0.25, -0.2) is 0 Å². The molecular weight excluding hydrogens is 279 g/mol. The summed E-state index contributed by atoms with van der Waals surface area (Å²) >= 11 is 0. The molecule has 0 aromatic heterocycles. The number of anilines is 1. The number of nitrogens with one attached hydrogen (secondary N) is 1. The van der Waals surface area contributed by atoms with E-state index in [4.69, 9.17) is 4.74 Å². The zero-order valence-corrected chi connectivity index (χ0v) is 12.2. The summed E-state index contributed by atoms with van der Waals surface area (Å²) < 4.78 is 41.8. The zero-order valence-electron chi connectivity index (χ0n) is 12.2. The molecule has 21 heavy (non-hydrogen) atoms. The number of para-hydroxylation sites is 2. The van der Waals surface area contributed by atoms with Gasteiger partial charge in [-0.05, 0) is 30.9 Å². The zero-order chi connectivity index (χ0) is 15.3. The molecule has 0 bridgehead atoms. The Morgan fingerprint density at radius 2 is 2.00 bits per heavy atom. The summed E-state index contributed by atoms with van der Waals surface area (Å²) in [7, 11) is 0. The van der Waals surface area contributed by atoms with Crippen molar-refractivity contribution in [3.05, 3.63) is 24.3 Å². The Labute approximate surface area is 123 Å². The average molecular weight is 301 g/mol. The first-order valence-corrected chi connectivity index (χ1v) is 7.53. The Morgan fingerprint density at radius 1 is 1.24 bits per heavy atom. The number of halogens is 3. The van der Waals surface area contributed by atoms with Crippen molar-refractivity contribution in [3.63, 3.8) is 0 Å². The summed E-state index contributed by atoms with van der Waals surface area (Å²) in [6.45, 7) is 0.932. The van der Waals surface area contributed by atoms with Gasteiger partial charge < -0.3 is 10.1 Å². The van der Waals surface area contributed by atoms with Gasteiger partial charge in [0.05, 0.1) is 5.69 Å². The van der Waals surface area contributed by atoms with Gasteiger partial charge in [-0.3, -0.25) is 0 Å². The molecule has 2 atom stereocenters. The van der Waals surface area contributed by atoms with E-state index in [0.717, 1.165) is 19.3 Å². The fourth-order valence-electron chi connectivity index (χ4n) is 2.88. The molecule has 1 fully saturated rings. The maximum atomic E-state index is 12.3. The Hall–Kier alpha value is -1.39. The van der Waals surface area contributed by atoms with Crippen LogP contribution in [0.1, 0.15) is 39.0 Å². The standard InChI is InChI=1S/C16H22F3NO/c1-2-12-6-5-7-13(10-12)20-14-8-3-4-9-15(14)21-11-16(17,18)19/h3-4,8-9,12-13,20H,2,5-7,10-11H2,1H3. The van der Waals surface area contributed by atoms with Crippen molar-refractivity contribution >= 4 is 5.69 Å². The molecule has 0 aliphatic heterocycles. The monoisotopic (exact) mass is 301 g/mol. The number of rotatable bonds is 5. The second-order valence-corrected chi connectivity index (χ2v) is 5.68. The molecule has 118 valence electrons. The van der Waals surface area contributed by atoms with Crippen molar-refractivity contribution in [2.75, 3.05) is 11.9 Å². The van der Waals surface area contributed by atoms with E-state index in [1.54, 1.807) is 18.2 Å². The van der Waals surface area contributed by atoms with Crippen molar-refractivity contribution in [1.29, 1.82) is 0 Å². The summed E-state index contributed by atoms with van der Waals surface area (Å²) in [6, 6.07) is 7.17. The molecule has 1 aliphatic carbocycles. The van der Waals surface area contributed by atoms with Gasteiger partial charge >= 0.3 is 6.18 Å². The summed E-state index contributed by atoms with van der Waals surface area (Å²) in [6.07, 6.45) is 1.40. The van der Waals surface area contributed by atoms with E-state index < -0.39 is 12.8 Å². The molecule has 2 rings (SSSR count). The summed E-state index contributed by atoms with van der Waals surface area (Å²) in [5.41, 5.74) is 0.656. The van der Waals surface area contributed by atoms with Gasteiger partial charge in [-0.15, -0.1) is 0 Å². The van der Waals surface area contributed by atoms with Crippen LogP contribution in [0.4, 0.5) is 18.9 Å². The Balaban J connectivity index is 1.99. The molecular formula is C16H22F3NO. The van der Waals surface area contributed by atoms with E-state index in [9.17, 15) is 13.2 Å². The molecule has 0 radical (unpaired) electrons. The second kappa shape index (κ2) is 7.05. The molecule has 0 saturated heterocycles. The van der Waals surface area contributed by atoms with Crippen molar-refractivity contribution in [2.24, 2.45) is 5.92 Å². The van der Waals surface area contributed by atoms with Crippen LogP contribution in [-0.2, 0) is 0 Å². The van der Waals surface area contributed by atoms with Crippen LogP contribution in [0.25, 0.3) is 0 Å². The number of alkyl halides is 3. The minimum Gasteiger partial charge on any atom is -0.482 e.